The van der Waals surface area contributed by atoms with Crippen LogP contribution in [0.25, 0.3) is 0 Å². The zero-order valence-electron chi connectivity index (χ0n) is 8.59. The van der Waals surface area contributed by atoms with Crippen LogP contribution in [0.5, 0.6) is 0 Å². The molecule has 3 radical (unpaired) electrons. The molecule has 3 N–H and O–H groups in total. The summed E-state index contributed by atoms with van der Waals surface area (Å²) in [5.41, 5.74) is 0. The standard InChI is InChI=1S/CH4O9S3.3Li/c2-11(3,4)1(12(5,6)7)13(8,9)10;;;/h1H,(H,2,3,4)(H,5,6,7)(H,8,9,10);;;. The van der Waals surface area contributed by atoms with Crippen LogP contribution in [0, 0.1) is 0 Å². The van der Waals surface area contributed by atoms with Crippen molar-refractivity contribution in [2.45, 2.75) is 3.91 Å². The third-order valence-electron chi connectivity index (χ3n) is 0.730. The van der Waals surface area contributed by atoms with Gasteiger partial charge in [-0.25, -0.2) is 0 Å². The average molecular weight is 277 g/mol. The minimum atomic E-state index is -5.66. The third-order valence-corrected chi connectivity index (χ3v) is 6.57. The molecule has 0 aliphatic heterocycles. The molecule has 0 saturated carbocycles. The van der Waals surface area contributed by atoms with Crippen LogP contribution in [0.4, 0.5) is 0 Å². The van der Waals surface area contributed by atoms with Crippen molar-refractivity contribution in [2.75, 3.05) is 0 Å². The molecule has 0 aromatic heterocycles. The van der Waals surface area contributed by atoms with E-state index in [1.807, 2.05) is 0 Å². The van der Waals surface area contributed by atoms with Crippen molar-refractivity contribution in [3.63, 3.8) is 0 Å². The van der Waals surface area contributed by atoms with E-state index in [2.05, 4.69) is 0 Å². The van der Waals surface area contributed by atoms with Crippen LogP contribution in [0.3, 0.4) is 0 Å². The maximum Gasteiger partial charge on any atom is 0.336 e. The summed E-state index contributed by atoms with van der Waals surface area (Å²) in [5.74, 6) is 0. The largest absolute Gasteiger partial charge is 0.336 e. The summed E-state index contributed by atoms with van der Waals surface area (Å²) in [7, 11) is -17.0. The summed E-state index contributed by atoms with van der Waals surface area (Å²) in [6.45, 7) is 0. The van der Waals surface area contributed by atoms with E-state index in [4.69, 9.17) is 13.7 Å². The van der Waals surface area contributed by atoms with Crippen molar-refractivity contribution >= 4 is 86.9 Å². The second-order valence-corrected chi connectivity index (χ2v) is 7.23. The zero-order chi connectivity index (χ0) is 11.1. The fourth-order valence-corrected chi connectivity index (χ4v) is 4.15. The Bertz CT molecular complexity index is 408. The van der Waals surface area contributed by atoms with Gasteiger partial charge in [0.1, 0.15) is 0 Å². The molecule has 0 saturated heterocycles. The van der Waals surface area contributed by atoms with Crippen LogP contribution in [-0.2, 0) is 30.4 Å². The van der Waals surface area contributed by atoms with Crippen molar-refractivity contribution < 1.29 is 38.9 Å². The van der Waals surface area contributed by atoms with Gasteiger partial charge in [-0.2, -0.15) is 25.3 Å². The Hall–Kier alpha value is 1.52. The van der Waals surface area contributed by atoms with Crippen molar-refractivity contribution in [3.8, 4) is 0 Å². The van der Waals surface area contributed by atoms with Crippen LogP contribution in [0.15, 0.2) is 0 Å². The van der Waals surface area contributed by atoms with Crippen LogP contribution in [0.2, 0.25) is 0 Å². The Labute approximate surface area is 129 Å². The predicted octanol–water partition coefficient (Wildman–Crippen LogP) is -3.21. The van der Waals surface area contributed by atoms with Crippen molar-refractivity contribution in [2.24, 2.45) is 0 Å². The smallest absolute Gasteiger partial charge is 0.284 e. The van der Waals surface area contributed by atoms with E-state index in [0.717, 1.165) is 0 Å². The molecular formula is CH4Li3O9S3. The normalized spacial score (nSPS) is 12.0. The molecule has 9 nitrogen and oxygen atoms in total. The molecule has 0 aromatic rings. The average Bonchev–Trinajstić information content (AvgIpc) is 1.44. The van der Waals surface area contributed by atoms with Crippen molar-refractivity contribution in [1.82, 2.24) is 0 Å². The minimum Gasteiger partial charge on any atom is -0.284 e. The molecule has 0 atom stereocenters. The van der Waals surface area contributed by atoms with Gasteiger partial charge in [0.15, 0.2) is 0 Å². The van der Waals surface area contributed by atoms with E-state index in [0.29, 0.717) is 0 Å². The van der Waals surface area contributed by atoms with E-state index in [1.165, 1.54) is 0 Å². The second kappa shape index (κ2) is 7.85. The Morgan fingerprint density at radius 3 is 0.688 bits per heavy atom. The molecule has 15 heteroatoms. The third kappa shape index (κ3) is 8.59. The van der Waals surface area contributed by atoms with Crippen LogP contribution >= 0.6 is 0 Å². The summed E-state index contributed by atoms with van der Waals surface area (Å²) in [5, 5.41) is 0. The first-order valence-electron chi connectivity index (χ1n) is 2.25. The maximum atomic E-state index is 10.1. The molecular weight excluding hydrogens is 273 g/mol. The number of hydrogen-bond acceptors (Lipinski definition) is 6. The van der Waals surface area contributed by atoms with Gasteiger partial charge in [0.25, 0.3) is 0 Å². The summed E-state index contributed by atoms with van der Waals surface area (Å²) in [6, 6.07) is 0. The van der Waals surface area contributed by atoms with Gasteiger partial charge >= 0.3 is 34.3 Å². The molecule has 0 aliphatic rings. The van der Waals surface area contributed by atoms with E-state index < -0.39 is 34.3 Å². The molecule has 0 spiro atoms. The Kier molecular flexibility index (Phi) is 12.8. The van der Waals surface area contributed by atoms with Gasteiger partial charge in [-0.1, -0.05) is 0 Å². The van der Waals surface area contributed by atoms with E-state index in [9.17, 15) is 25.3 Å². The maximum absolute atomic E-state index is 10.1. The van der Waals surface area contributed by atoms with E-state index in [-0.39, 0.29) is 56.6 Å². The van der Waals surface area contributed by atoms with Gasteiger partial charge < -0.3 is 0 Å². The fourth-order valence-electron chi connectivity index (χ4n) is 0.461. The summed E-state index contributed by atoms with van der Waals surface area (Å²) in [6.07, 6.45) is 0. The molecule has 0 fully saturated rings. The molecule has 16 heavy (non-hydrogen) atoms. The topological polar surface area (TPSA) is 163 Å². The fraction of sp³-hybridized carbons (Fsp3) is 1.00. The van der Waals surface area contributed by atoms with Crippen LogP contribution in [-0.4, -0.2) is 99.4 Å². The van der Waals surface area contributed by atoms with E-state index in [1.54, 1.807) is 0 Å². The van der Waals surface area contributed by atoms with E-state index >= 15 is 0 Å². The molecule has 0 amide bonds. The minimum absolute atomic E-state index is 0. The first-order valence-corrected chi connectivity index (χ1v) is 6.76. The quantitative estimate of drug-likeness (QED) is 0.355. The zero-order valence-corrected chi connectivity index (χ0v) is 11.0. The summed E-state index contributed by atoms with van der Waals surface area (Å²) in [4.78, 5) is 0. The molecule has 83 valence electrons. The van der Waals surface area contributed by atoms with Crippen molar-refractivity contribution in [1.29, 1.82) is 0 Å². The molecule has 0 aromatic carbocycles. The van der Waals surface area contributed by atoms with Gasteiger partial charge in [0.05, 0.1) is 0 Å². The number of rotatable bonds is 3. The predicted molar refractivity (Wildman–Crippen MR) is 55.7 cm³/mol. The summed E-state index contributed by atoms with van der Waals surface area (Å²) < 4.78 is 81.1. The van der Waals surface area contributed by atoms with Gasteiger partial charge in [-0.05, 0) is 0 Å². The monoisotopic (exact) mass is 277 g/mol. The molecule has 0 heterocycles. The second-order valence-electron chi connectivity index (χ2n) is 1.83. The van der Waals surface area contributed by atoms with Crippen LogP contribution < -0.4 is 0 Å². The molecule has 0 rings (SSSR count). The van der Waals surface area contributed by atoms with Crippen LogP contribution in [0.1, 0.15) is 0 Å². The van der Waals surface area contributed by atoms with Crippen molar-refractivity contribution in [3.05, 3.63) is 0 Å². The molecule has 0 bridgehead atoms. The summed E-state index contributed by atoms with van der Waals surface area (Å²) >= 11 is 0. The Morgan fingerprint density at radius 1 is 0.562 bits per heavy atom. The first-order chi connectivity index (χ1) is 5.37. The first kappa shape index (κ1) is 26.2. The Balaban J connectivity index is -0.000000240. The van der Waals surface area contributed by atoms with Gasteiger partial charge in [0, 0.05) is 56.6 Å². The molecule has 0 aliphatic carbocycles. The molecule has 0 unspecified atom stereocenters. The van der Waals surface area contributed by atoms with Gasteiger partial charge in [-0.15, -0.1) is 0 Å². The van der Waals surface area contributed by atoms with Gasteiger partial charge in [-0.3, -0.25) is 13.7 Å². The van der Waals surface area contributed by atoms with Gasteiger partial charge in [0.2, 0.25) is 0 Å². The number of hydrogen-bond donors (Lipinski definition) is 3. The Morgan fingerprint density at radius 2 is 0.688 bits per heavy atom. The SMILES string of the molecule is O=S(=O)(O)C(S(=O)(=O)O)S(=O)(=O)O.[Li].[Li].[Li].